The van der Waals surface area contributed by atoms with Crippen LogP contribution in [-0.4, -0.2) is 61.8 Å². The molecular weight excluding hydrogens is 552 g/mol. The molecule has 5 aromatic rings. The third-order valence-electron chi connectivity index (χ3n) is 6.59. The topological polar surface area (TPSA) is 126 Å². The minimum Gasteiger partial charge on any atom is -0.497 e. The Morgan fingerprint density at radius 3 is 2.43 bits per heavy atom. The fourth-order valence-electron chi connectivity index (χ4n) is 4.64. The summed E-state index contributed by atoms with van der Waals surface area (Å²) in [5, 5.41) is 4.08. The first kappa shape index (κ1) is 28.9. The normalized spacial score (nSPS) is 11.6. The second kappa shape index (κ2) is 12.5. The number of para-hydroxylation sites is 2. The van der Waals surface area contributed by atoms with E-state index < -0.39 is 10.0 Å². The molecule has 216 valence electrons. The Labute approximate surface area is 244 Å². The number of hydrogen-bond donors (Lipinski definition) is 2. The van der Waals surface area contributed by atoms with Crippen LogP contribution < -0.4 is 14.8 Å². The number of methoxy groups -OCH3 is 1. The number of nitrogens with one attached hydrogen (secondary N) is 2. The largest absolute Gasteiger partial charge is 0.497 e. The highest BCUT2D eigenvalue weighted by atomic mass is 32.2. The minimum absolute atomic E-state index is 0.0419. The van der Waals surface area contributed by atoms with Crippen LogP contribution in [0.2, 0.25) is 0 Å². The molecule has 42 heavy (non-hydrogen) atoms. The molecule has 2 heterocycles. The zero-order valence-corrected chi connectivity index (χ0v) is 24.5. The number of Topliss-reactive ketones (excluding diaryl/α,β-unsaturated/α-hetero) is 1. The summed E-state index contributed by atoms with van der Waals surface area (Å²) in [6.45, 7) is 0.392. The second-order valence-electron chi connectivity index (χ2n) is 10.2. The number of fused-ring (bicyclic) bond motifs is 2. The fraction of sp³-hybridized carbons (Fsp3) is 0.226. The van der Waals surface area contributed by atoms with Gasteiger partial charge < -0.3 is 15.0 Å². The molecule has 0 spiro atoms. The number of hydrogen-bond acceptors (Lipinski definition) is 9. The molecule has 0 unspecified atom stereocenters. The molecule has 5 rings (SSSR count). The molecule has 0 aliphatic carbocycles. The Kier molecular flexibility index (Phi) is 8.60. The van der Waals surface area contributed by atoms with Gasteiger partial charge >= 0.3 is 0 Å². The summed E-state index contributed by atoms with van der Waals surface area (Å²) < 4.78 is 35.3. The monoisotopic (exact) mass is 584 g/mol. The van der Waals surface area contributed by atoms with Crippen molar-refractivity contribution in [3.8, 4) is 5.75 Å². The molecule has 0 aliphatic heterocycles. The number of carbonyl (C=O) groups excluding carboxylic acids is 1. The van der Waals surface area contributed by atoms with E-state index in [-0.39, 0.29) is 22.3 Å². The summed E-state index contributed by atoms with van der Waals surface area (Å²) >= 11 is 0. The van der Waals surface area contributed by atoms with Gasteiger partial charge in [-0.2, -0.15) is 0 Å². The Bertz CT molecular complexity index is 1860. The van der Waals surface area contributed by atoms with Gasteiger partial charge in [-0.1, -0.05) is 30.3 Å². The summed E-state index contributed by atoms with van der Waals surface area (Å²) in [5.41, 5.74) is 3.20. The summed E-state index contributed by atoms with van der Waals surface area (Å²) in [5.74, 6) is 1.02. The van der Waals surface area contributed by atoms with Gasteiger partial charge in [0.15, 0.2) is 11.6 Å². The third kappa shape index (κ3) is 6.81. The highest BCUT2D eigenvalue weighted by Gasteiger charge is 2.20. The van der Waals surface area contributed by atoms with E-state index in [1.165, 1.54) is 6.07 Å². The SMILES string of the molecule is COc1cc(Nc2nc3ccccc3nc2NS(=O)(=O)c2cccc(CCCC(=O)CN(C)C)c2)c2ncccc2c1. The molecule has 2 N–H and O–H groups in total. The maximum Gasteiger partial charge on any atom is 0.263 e. The zero-order valence-electron chi connectivity index (χ0n) is 23.7. The highest BCUT2D eigenvalue weighted by molar-refractivity contribution is 7.92. The van der Waals surface area contributed by atoms with Crippen molar-refractivity contribution in [2.24, 2.45) is 0 Å². The van der Waals surface area contributed by atoms with Crippen molar-refractivity contribution >= 4 is 55.1 Å². The predicted octanol–water partition coefficient (Wildman–Crippen LogP) is 5.18. The van der Waals surface area contributed by atoms with E-state index in [2.05, 4.69) is 20.0 Å². The van der Waals surface area contributed by atoms with E-state index in [0.717, 1.165) is 10.9 Å². The number of sulfonamides is 1. The van der Waals surface area contributed by atoms with Gasteiger partial charge in [0, 0.05) is 24.1 Å². The van der Waals surface area contributed by atoms with Crippen molar-refractivity contribution in [3.63, 3.8) is 0 Å². The number of benzene rings is 3. The van der Waals surface area contributed by atoms with Gasteiger partial charge in [-0.25, -0.2) is 18.4 Å². The second-order valence-corrected chi connectivity index (χ2v) is 11.8. The Hall–Kier alpha value is -4.61. The molecule has 0 amide bonds. The number of nitrogens with zero attached hydrogens (tertiary/aromatic N) is 4. The fourth-order valence-corrected chi connectivity index (χ4v) is 5.72. The highest BCUT2D eigenvalue weighted by Crippen LogP contribution is 2.33. The van der Waals surface area contributed by atoms with Gasteiger partial charge in [0.1, 0.15) is 11.5 Å². The van der Waals surface area contributed by atoms with Crippen molar-refractivity contribution in [1.82, 2.24) is 19.9 Å². The van der Waals surface area contributed by atoms with Crippen LogP contribution in [0.1, 0.15) is 18.4 Å². The standard InChI is InChI=1S/C31H32N6O4S/c1-37(2)20-23(38)12-6-9-21-10-7-13-25(17-21)42(39,40)36-31-30(33-26-14-4-5-15-27(26)34-31)35-28-19-24(41-3)18-22-11-8-16-32-29(22)28/h4-5,7-8,10-11,13-19H,6,9,12,20H2,1-3H3,(H,33,35)(H,34,36). The molecule has 0 atom stereocenters. The number of rotatable bonds is 12. The summed E-state index contributed by atoms with van der Waals surface area (Å²) in [7, 11) is 1.25. The molecule has 0 saturated carbocycles. The average Bonchev–Trinajstić information content (AvgIpc) is 2.97. The number of pyridine rings is 1. The Morgan fingerprint density at radius 1 is 0.929 bits per heavy atom. The van der Waals surface area contributed by atoms with Crippen LogP contribution in [0, 0.1) is 0 Å². The van der Waals surface area contributed by atoms with Gasteiger partial charge in [0.05, 0.1) is 40.8 Å². The van der Waals surface area contributed by atoms with Gasteiger partial charge in [-0.15, -0.1) is 0 Å². The molecule has 0 bridgehead atoms. The number of ether oxygens (including phenoxy) is 1. The lowest BCUT2D eigenvalue weighted by molar-refractivity contribution is -0.119. The Balaban J connectivity index is 1.45. The van der Waals surface area contributed by atoms with E-state index in [0.29, 0.717) is 53.8 Å². The number of ketones is 1. The van der Waals surface area contributed by atoms with Crippen molar-refractivity contribution in [1.29, 1.82) is 0 Å². The smallest absolute Gasteiger partial charge is 0.263 e. The third-order valence-corrected chi connectivity index (χ3v) is 7.93. The van der Waals surface area contributed by atoms with Crippen molar-refractivity contribution < 1.29 is 17.9 Å². The maximum atomic E-state index is 13.6. The van der Waals surface area contributed by atoms with Crippen molar-refractivity contribution in [3.05, 3.63) is 84.6 Å². The van der Waals surface area contributed by atoms with Crippen LogP contribution >= 0.6 is 0 Å². The van der Waals surface area contributed by atoms with Gasteiger partial charge in [0.25, 0.3) is 10.0 Å². The van der Waals surface area contributed by atoms with Gasteiger partial charge in [-0.3, -0.25) is 14.5 Å². The predicted molar refractivity (Wildman–Crippen MR) is 165 cm³/mol. The lowest BCUT2D eigenvalue weighted by atomic mass is 10.1. The van der Waals surface area contributed by atoms with Crippen LogP contribution in [-0.2, 0) is 21.2 Å². The summed E-state index contributed by atoms with van der Waals surface area (Å²) in [6, 6.07) is 21.3. The number of likely N-dealkylation sites (N-methyl/N-ethyl adjacent to an activating group) is 1. The number of aryl methyl sites for hydroxylation is 1. The lowest BCUT2D eigenvalue weighted by Crippen LogP contribution is -2.21. The first-order valence-corrected chi connectivity index (χ1v) is 14.9. The van der Waals surface area contributed by atoms with E-state index in [4.69, 9.17) is 9.72 Å². The molecule has 2 aromatic heterocycles. The Morgan fingerprint density at radius 2 is 1.69 bits per heavy atom. The molecule has 0 radical (unpaired) electrons. The molecule has 0 saturated heterocycles. The van der Waals surface area contributed by atoms with Crippen LogP contribution in [0.4, 0.5) is 17.3 Å². The van der Waals surface area contributed by atoms with E-state index in [9.17, 15) is 13.2 Å². The summed E-state index contributed by atoms with van der Waals surface area (Å²) in [6.07, 6.45) is 3.33. The lowest BCUT2D eigenvalue weighted by Gasteiger charge is -2.16. The van der Waals surface area contributed by atoms with Gasteiger partial charge in [0.2, 0.25) is 0 Å². The molecule has 0 aliphatic rings. The van der Waals surface area contributed by atoms with Crippen LogP contribution in [0.15, 0.2) is 83.9 Å². The van der Waals surface area contributed by atoms with Crippen LogP contribution in [0.25, 0.3) is 21.9 Å². The zero-order chi connectivity index (χ0) is 29.7. The van der Waals surface area contributed by atoms with Gasteiger partial charge in [-0.05, 0) is 68.9 Å². The van der Waals surface area contributed by atoms with E-state index >= 15 is 0 Å². The quantitative estimate of drug-likeness (QED) is 0.204. The molecule has 3 aromatic carbocycles. The molecule has 0 fully saturated rings. The first-order chi connectivity index (χ1) is 20.2. The van der Waals surface area contributed by atoms with E-state index in [1.54, 1.807) is 43.6 Å². The molecular formula is C31H32N6O4S. The van der Waals surface area contributed by atoms with Crippen LogP contribution in [0.3, 0.4) is 0 Å². The van der Waals surface area contributed by atoms with Crippen molar-refractivity contribution in [2.45, 2.75) is 24.2 Å². The maximum absolute atomic E-state index is 13.6. The summed E-state index contributed by atoms with van der Waals surface area (Å²) in [4.78, 5) is 27.8. The number of carbonyl (C=O) groups is 1. The first-order valence-electron chi connectivity index (χ1n) is 13.5. The number of anilines is 3. The van der Waals surface area contributed by atoms with Crippen LogP contribution in [0.5, 0.6) is 5.75 Å². The average molecular weight is 585 g/mol. The molecule has 11 heteroatoms. The molecule has 10 nitrogen and oxygen atoms in total. The number of aromatic nitrogens is 3. The minimum atomic E-state index is -4.04. The van der Waals surface area contributed by atoms with Crippen molar-refractivity contribution in [2.75, 3.05) is 37.8 Å². The van der Waals surface area contributed by atoms with E-state index in [1.807, 2.05) is 55.4 Å².